The molecular formula is C29H40N2O9. The van der Waals surface area contributed by atoms with Gasteiger partial charge < -0.3 is 33.7 Å². The van der Waals surface area contributed by atoms with Crippen LogP contribution in [0.2, 0.25) is 0 Å². The lowest BCUT2D eigenvalue weighted by molar-refractivity contribution is -0.160. The molecule has 0 saturated heterocycles. The summed E-state index contributed by atoms with van der Waals surface area (Å²) in [6.45, 7) is 8.79. The Kier molecular flexibility index (Phi) is 13.7. The van der Waals surface area contributed by atoms with Crippen LogP contribution in [-0.2, 0) is 23.8 Å². The van der Waals surface area contributed by atoms with E-state index in [1.165, 1.54) is 26.3 Å². The summed E-state index contributed by atoms with van der Waals surface area (Å²) in [4.78, 5) is 41.6. The molecular weight excluding hydrogens is 520 g/mol. The molecule has 0 unspecified atom stereocenters. The molecule has 0 aliphatic carbocycles. The molecule has 11 nitrogen and oxygen atoms in total. The molecule has 0 spiro atoms. The summed E-state index contributed by atoms with van der Waals surface area (Å²) in [7, 11) is 1.39. The minimum atomic E-state index is -0.988. The molecule has 0 aliphatic heterocycles. The molecule has 2 rings (SSSR count). The van der Waals surface area contributed by atoms with Crippen LogP contribution < -0.4 is 19.5 Å². The predicted molar refractivity (Wildman–Crippen MR) is 146 cm³/mol. The highest BCUT2D eigenvalue weighted by Gasteiger charge is 2.34. The smallest absolute Gasteiger partial charge is 0.329 e. The molecule has 11 heteroatoms. The van der Waals surface area contributed by atoms with Gasteiger partial charge in [0.25, 0.3) is 5.91 Å². The fourth-order valence-electron chi connectivity index (χ4n) is 3.79. The number of carbonyl (C=O) groups is 3. The van der Waals surface area contributed by atoms with Crippen LogP contribution >= 0.6 is 0 Å². The van der Waals surface area contributed by atoms with Crippen molar-refractivity contribution in [2.75, 3.05) is 20.5 Å². The number of nitrogens with one attached hydrogen (secondary N) is 1. The lowest BCUT2D eigenvalue weighted by Crippen LogP contribution is -2.48. The first-order valence-electron chi connectivity index (χ1n) is 13.4. The Bertz CT molecular complexity index is 1080. The average molecular weight is 561 g/mol. The van der Waals surface area contributed by atoms with Crippen LogP contribution in [0, 0.1) is 0 Å². The third-order valence-electron chi connectivity index (χ3n) is 5.85. The van der Waals surface area contributed by atoms with Crippen molar-refractivity contribution < 1.29 is 42.8 Å². The summed E-state index contributed by atoms with van der Waals surface area (Å²) >= 11 is 0. The zero-order chi connectivity index (χ0) is 29.5. The number of para-hydroxylation sites is 1. The van der Waals surface area contributed by atoms with E-state index in [4.69, 9.17) is 28.4 Å². The molecule has 2 aromatic rings. The Hall–Kier alpha value is -3.86. The largest absolute Gasteiger partial charge is 0.493 e. The maximum absolute atomic E-state index is 13.2. The van der Waals surface area contributed by atoms with E-state index in [2.05, 4.69) is 10.3 Å². The Morgan fingerprint density at radius 1 is 1.02 bits per heavy atom. The monoisotopic (exact) mass is 560 g/mol. The van der Waals surface area contributed by atoms with Gasteiger partial charge in [-0.15, -0.1) is 0 Å². The van der Waals surface area contributed by atoms with Crippen LogP contribution in [0.3, 0.4) is 0 Å². The highest BCUT2D eigenvalue weighted by Crippen LogP contribution is 2.29. The molecule has 1 aromatic carbocycles. The molecule has 1 amide bonds. The van der Waals surface area contributed by atoms with Crippen LogP contribution in [0.5, 0.6) is 17.2 Å². The van der Waals surface area contributed by atoms with E-state index in [1.54, 1.807) is 13.8 Å². The molecule has 1 heterocycles. The lowest BCUT2D eigenvalue weighted by atomic mass is 10.1. The van der Waals surface area contributed by atoms with Crippen molar-refractivity contribution >= 4 is 17.8 Å². The van der Waals surface area contributed by atoms with E-state index in [-0.39, 0.29) is 29.7 Å². The van der Waals surface area contributed by atoms with Crippen LogP contribution in [0.15, 0.2) is 42.6 Å². The topological polar surface area (TPSA) is 132 Å². The van der Waals surface area contributed by atoms with E-state index in [9.17, 15) is 14.4 Å². The average Bonchev–Trinajstić information content (AvgIpc) is 2.95. The first-order chi connectivity index (χ1) is 19.2. The Morgan fingerprint density at radius 2 is 1.75 bits per heavy atom. The van der Waals surface area contributed by atoms with Gasteiger partial charge in [0.15, 0.2) is 23.3 Å². The molecule has 0 bridgehead atoms. The first kappa shape index (κ1) is 32.4. The normalized spacial score (nSPS) is 13.8. The molecule has 1 N–H and O–H groups in total. The zero-order valence-electron chi connectivity index (χ0n) is 24.0. The maximum Gasteiger partial charge on any atom is 0.329 e. The van der Waals surface area contributed by atoms with Gasteiger partial charge in [0.1, 0.15) is 17.9 Å². The van der Waals surface area contributed by atoms with Gasteiger partial charge in [-0.25, -0.2) is 9.78 Å². The van der Waals surface area contributed by atoms with Gasteiger partial charge in [0.05, 0.1) is 13.2 Å². The third kappa shape index (κ3) is 9.71. The molecule has 0 saturated carbocycles. The molecule has 0 radical (unpaired) electrons. The number of hydrogen-bond donors (Lipinski definition) is 1. The maximum atomic E-state index is 13.2. The lowest BCUT2D eigenvalue weighted by Gasteiger charge is -2.32. The standard InChI is InChI=1S/C29H40N2O9/c1-7-17-36-23(9-3)26(40-21-13-11-10-12-14-21)19(4)39-29(34)22(8-2)31-28(33)25-27(38-18-37-20(5)32)24(35-6)15-16-30-25/h10-16,19,22-23,26H,7-9,17-18H2,1-6H3,(H,31,33)/t19-,22-,23-,26-/m0/s1. The van der Waals surface area contributed by atoms with E-state index in [0.717, 1.165) is 6.42 Å². The van der Waals surface area contributed by atoms with Crippen molar-refractivity contribution in [2.45, 2.75) is 78.2 Å². The number of benzene rings is 1. The fourth-order valence-corrected chi connectivity index (χ4v) is 3.79. The number of ether oxygens (including phenoxy) is 6. The second-order valence-electron chi connectivity index (χ2n) is 8.88. The zero-order valence-corrected chi connectivity index (χ0v) is 24.0. The number of rotatable bonds is 17. The minimum absolute atomic E-state index is 0.0319. The second kappa shape index (κ2) is 17.0. The second-order valence-corrected chi connectivity index (χ2v) is 8.88. The first-order valence-corrected chi connectivity index (χ1v) is 13.4. The number of methoxy groups -OCH3 is 1. The van der Waals surface area contributed by atoms with E-state index in [0.29, 0.717) is 18.8 Å². The molecule has 0 fully saturated rings. The van der Waals surface area contributed by atoms with E-state index < -0.39 is 42.9 Å². The Labute approximate surface area is 235 Å². The van der Waals surface area contributed by atoms with E-state index in [1.807, 2.05) is 44.2 Å². The van der Waals surface area contributed by atoms with Crippen molar-refractivity contribution in [1.29, 1.82) is 0 Å². The van der Waals surface area contributed by atoms with Crippen molar-refractivity contribution in [2.24, 2.45) is 0 Å². The van der Waals surface area contributed by atoms with Crippen LogP contribution in [0.4, 0.5) is 0 Å². The molecule has 0 aliphatic rings. The van der Waals surface area contributed by atoms with Crippen molar-refractivity contribution in [1.82, 2.24) is 10.3 Å². The van der Waals surface area contributed by atoms with Crippen LogP contribution in [0.25, 0.3) is 0 Å². The third-order valence-corrected chi connectivity index (χ3v) is 5.85. The van der Waals surface area contributed by atoms with Crippen LogP contribution in [0.1, 0.15) is 64.4 Å². The Balaban J connectivity index is 2.19. The van der Waals surface area contributed by atoms with Crippen molar-refractivity contribution in [3.05, 3.63) is 48.3 Å². The highest BCUT2D eigenvalue weighted by molar-refractivity contribution is 5.98. The van der Waals surface area contributed by atoms with Gasteiger partial charge in [0.2, 0.25) is 6.79 Å². The molecule has 1 aromatic heterocycles. The highest BCUT2D eigenvalue weighted by atomic mass is 16.7. The minimum Gasteiger partial charge on any atom is -0.493 e. The summed E-state index contributed by atoms with van der Waals surface area (Å²) in [6, 6.07) is 9.75. The fraction of sp³-hybridized carbons (Fsp3) is 0.517. The van der Waals surface area contributed by atoms with Crippen LogP contribution in [-0.4, -0.2) is 67.7 Å². The Morgan fingerprint density at radius 3 is 2.35 bits per heavy atom. The van der Waals surface area contributed by atoms with Gasteiger partial charge in [-0.1, -0.05) is 39.0 Å². The molecule has 4 atom stereocenters. The summed E-state index contributed by atoms with van der Waals surface area (Å²) in [5, 5.41) is 2.65. The van der Waals surface area contributed by atoms with Gasteiger partial charge in [-0.05, 0) is 38.3 Å². The van der Waals surface area contributed by atoms with Crippen molar-refractivity contribution in [3.8, 4) is 17.2 Å². The number of carbonyl (C=O) groups excluding carboxylic acids is 3. The number of amides is 1. The number of nitrogens with zero attached hydrogens (tertiary/aromatic N) is 1. The number of esters is 2. The summed E-state index contributed by atoms with van der Waals surface area (Å²) < 4.78 is 33.6. The van der Waals surface area contributed by atoms with Crippen molar-refractivity contribution in [3.63, 3.8) is 0 Å². The summed E-state index contributed by atoms with van der Waals surface area (Å²) in [5.41, 5.74) is -0.143. The SMILES string of the molecule is CCCO[C@@H](CC)[C@@H](Oc1ccccc1)[C@H](C)OC(=O)[C@H](CC)NC(=O)c1nccc(OC)c1OCOC(C)=O. The molecule has 220 valence electrons. The number of aromatic nitrogens is 1. The number of pyridine rings is 1. The summed E-state index contributed by atoms with van der Waals surface area (Å²) in [5.74, 6) is -1.09. The number of hydrogen-bond acceptors (Lipinski definition) is 10. The molecule has 40 heavy (non-hydrogen) atoms. The van der Waals surface area contributed by atoms with Gasteiger partial charge in [-0.2, -0.15) is 0 Å². The van der Waals surface area contributed by atoms with Gasteiger partial charge >= 0.3 is 11.9 Å². The van der Waals surface area contributed by atoms with Gasteiger partial charge in [0, 0.05) is 25.8 Å². The predicted octanol–water partition coefficient (Wildman–Crippen LogP) is 4.08. The van der Waals surface area contributed by atoms with Gasteiger partial charge in [-0.3, -0.25) is 9.59 Å². The quantitative estimate of drug-likeness (QED) is 0.223. The summed E-state index contributed by atoms with van der Waals surface area (Å²) in [6.07, 6.45) is 1.48. The van der Waals surface area contributed by atoms with E-state index >= 15 is 0 Å².